The van der Waals surface area contributed by atoms with Crippen molar-refractivity contribution in [3.8, 4) is 0 Å². The molecular weight excluding hydrogens is 382 g/mol. The second kappa shape index (κ2) is 7.25. The van der Waals surface area contributed by atoms with E-state index in [1.807, 2.05) is 43.3 Å². The van der Waals surface area contributed by atoms with Crippen LogP contribution in [0.25, 0.3) is 21.5 Å². The Morgan fingerprint density at radius 3 is 2.30 bits per heavy atom. The van der Waals surface area contributed by atoms with E-state index in [9.17, 15) is 13.0 Å². The van der Waals surface area contributed by atoms with Crippen LogP contribution in [-0.2, 0) is 16.5 Å². The van der Waals surface area contributed by atoms with E-state index in [1.165, 1.54) is 0 Å². The number of benzene rings is 3. The predicted molar refractivity (Wildman–Crippen MR) is 87.9 cm³/mol. The van der Waals surface area contributed by atoms with Gasteiger partial charge in [0.05, 0.1) is 4.90 Å². The van der Waals surface area contributed by atoms with Crippen LogP contribution in [0.2, 0.25) is 0 Å². The Labute approximate surface area is 184 Å². The molecule has 3 aromatic carbocycles. The van der Waals surface area contributed by atoms with E-state index in [-0.39, 0.29) is 63.1 Å². The normalized spacial score (nSPS) is 11.4. The Bertz CT molecular complexity index is 1010. The van der Waals surface area contributed by atoms with Gasteiger partial charge >= 0.3 is 58.2 Å². The fourth-order valence-electron chi connectivity index (χ4n) is 2.87. The molecule has 3 rings (SSSR count). The first-order valence-electron chi connectivity index (χ1n) is 6.91. The molecule has 0 unspecified atom stereocenters. The smallest absolute Gasteiger partial charge is 0.744 e. The molecule has 0 saturated carbocycles. The standard InChI is InChI=1S/C18H16O3S.Rb/c1-12(2)11-14-8-9-16-15-6-4-3-5-13(15)7-10-17(16)18(14)22(19,20)21;/h3-10H,1,11H2,2H3,(H,19,20,21);/q;+1/p-1. The van der Waals surface area contributed by atoms with Gasteiger partial charge in [-0.1, -0.05) is 60.7 Å². The zero-order valence-corrected chi connectivity index (χ0v) is 18.9. The Hall–Kier alpha value is -0.365. The van der Waals surface area contributed by atoms with Crippen LogP contribution in [-0.4, -0.2) is 13.0 Å². The number of fused-ring (bicyclic) bond motifs is 3. The molecule has 0 amide bonds. The summed E-state index contributed by atoms with van der Waals surface area (Å²) >= 11 is 0. The molecule has 23 heavy (non-hydrogen) atoms. The Morgan fingerprint density at radius 2 is 1.65 bits per heavy atom. The van der Waals surface area contributed by atoms with E-state index in [0.717, 1.165) is 21.7 Å². The molecule has 0 bridgehead atoms. The summed E-state index contributed by atoms with van der Waals surface area (Å²) in [4.78, 5) is -0.126. The van der Waals surface area contributed by atoms with Crippen LogP contribution in [0.5, 0.6) is 0 Å². The van der Waals surface area contributed by atoms with Crippen LogP contribution < -0.4 is 58.2 Å². The summed E-state index contributed by atoms with van der Waals surface area (Å²) in [5, 5.41) is 3.20. The molecule has 0 fully saturated rings. The maximum absolute atomic E-state index is 11.8. The third-order valence-electron chi connectivity index (χ3n) is 3.70. The number of hydrogen-bond acceptors (Lipinski definition) is 3. The van der Waals surface area contributed by atoms with Crippen molar-refractivity contribution in [3.63, 3.8) is 0 Å². The van der Waals surface area contributed by atoms with Gasteiger partial charge in [-0.2, -0.15) is 0 Å². The third-order valence-corrected chi connectivity index (χ3v) is 4.68. The number of hydrogen-bond donors (Lipinski definition) is 0. The van der Waals surface area contributed by atoms with Crippen molar-refractivity contribution in [2.75, 3.05) is 0 Å². The predicted octanol–water partition coefficient (Wildman–Crippen LogP) is 1.02. The maximum atomic E-state index is 11.8. The third kappa shape index (κ3) is 3.84. The molecule has 0 aliphatic rings. The summed E-state index contributed by atoms with van der Waals surface area (Å²) in [6, 6.07) is 14.9. The molecule has 0 saturated heterocycles. The van der Waals surface area contributed by atoms with Gasteiger partial charge in [0.1, 0.15) is 10.1 Å². The topological polar surface area (TPSA) is 57.2 Å². The fourth-order valence-corrected chi connectivity index (χ4v) is 3.77. The first-order chi connectivity index (χ1) is 10.4. The molecule has 0 atom stereocenters. The van der Waals surface area contributed by atoms with Gasteiger partial charge in [-0.05, 0) is 35.1 Å². The molecule has 0 aromatic heterocycles. The summed E-state index contributed by atoms with van der Waals surface area (Å²) in [6.45, 7) is 5.62. The van der Waals surface area contributed by atoms with E-state index < -0.39 is 10.1 Å². The quantitative estimate of drug-likeness (QED) is 0.377. The van der Waals surface area contributed by atoms with Crippen LogP contribution >= 0.6 is 0 Å². The van der Waals surface area contributed by atoms with E-state index in [1.54, 1.807) is 12.1 Å². The van der Waals surface area contributed by atoms with Crippen molar-refractivity contribution in [1.82, 2.24) is 0 Å². The molecule has 112 valence electrons. The van der Waals surface area contributed by atoms with Crippen LogP contribution in [0.4, 0.5) is 0 Å². The average molecular weight is 397 g/mol. The van der Waals surface area contributed by atoms with Crippen LogP contribution in [0.3, 0.4) is 0 Å². The molecule has 0 radical (unpaired) electrons. The van der Waals surface area contributed by atoms with Crippen molar-refractivity contribution in [2.45, 2.75) is 18.2 Å². The molecule has 0 spiro atoms. The SMILES string of the molecule is C=C(C)Cc1ccc2c(ccc3ccccc32)c1S(=O)(=O)[O-].[Rb+]. The molecule has 5 heteroatoms. The van der Waals surface area contributed by atoms with E-state index in [0.29, 0.717) is 17.4 Å². The molecular formula is C18H15O3RbS. The zero-order chi connectivity index (χ0) is 15.9. The van der Waals surface area contributed by atoms with E-state index in [2.05, 4.69) is 6.58 Å². The van der Waals surface area contributed by atoms with Crippen LogP contribution in [0.1, 0.15) is 12.5 Å². The zero-order valence-electron chi connectivity index (χ0n) is 13.2. The van der Waals surface area contributed by atoms with Gasteiger partial charge in [-0.25, -0.2) is 8.42 Å². The first kappa shape index (κ1) is 19.0. The van der Waals surface area contributed by atoms with Crippen molar-refractivity contribution in [3.05, 3.63) is 66.2 Å². The van der Waals surface area contributed by atoms with Gasteiger partial charge in [0, 0.05) is 5.39 Å². The van der Waals surface area contributed by atoms with Gasteiger partial charge in [-0.3, -0.25) is 0 Å². The van der Waals surface area contributed by atoms with Crippen molar-refractivity contribution in [1.29, 1.82) is 0 Å². The summed E-state index contributed by atoms with van der Waals surface area (Å²) < 4.78 is 35.4. The Kier molecular flexibility index (Phi) is 5.98. The van der Waals surface area contributed by atoms with Gasteiger partial charge in [0.25, 0.3) is 0 Å². The monoisotopic (exact) mass is 396 g/mol. The van der Waals surface area contributed by atoms with Gasteiger partial charge in [0.15, 0.2) is 0 Å². The van der Waals surface area contributed by atoms with E-state index >= 15 is 0 Å². The fraction of sp³-hybridized carbons (Fsp3) is 0.111. The second-order valence-electron chi connectivity index (χ2n) is 5.52. The van der Waals surface area contributed by atoms with Crippen LogP contribution in [0.15, 0.2) is 65.6 Å². The summed E-state index contributed by atoms with van der Waals surface area (Å²) in [5.74, 6) is 0. The minimum Gasteiger partial charge on any atom is -0.744 e. The van der Waals surface area contributed by atoms with Crippen molar-refractivity contribution >= 4 is 31.7 Å². The molecule has 3 aromatic rings. The van der Waals surface area contributed by atoms with Crippen molar-refractivity contribution in [2.24, 2.45) is 0 Å². The van der Waals surface area contributed by atoms with Gasteiger partial charge in [-0.15, -0.1) is 0 Å². The Balaban J connectivity index is 0.00000192. The second-order valence-corrected chi connectivity index (χ2v) is 6.84. The number of allylic oxidation sites excluding steroid dienone is 1. The molecule has 3 nitrogen and oxygen atoms in total. The minimum atomic E-state index is -4.57. The molecule has 0 N–H and O–H groups in total. The molecule has 0 heterocycles. The molecule has 0 aliphatic carbocycles. The Morgan fingerprint density at radius 1 is 1.00 bits per heavy atom. The largest absolute Gasteiger partial charge is 1.00 e. The average Bonchev–Trinajstić information content (AvgIpc) is 2.44. The van der Waals surface area contributed by atoms with Gasteiger partial charge in [0.2, 0.25) is 0 Å². The minimum absolute atomic E-state index is 0. The summed E-state index contributed by atoms with van der Waals surface area (Å²) in [7, 11) is -4.57. The summed E-state index contributed by atoms with van der Waals surface area (Å²) in [6.07, 6.45) is 0.375. The first-order valence-corrected chi connectivity index (χ1v) is 8.32. The molecule has 0 aliphatic heterocycles. The van der Waals surface area contributed by atoms with Gasteiger partial charge < -0.3 is 4.55 Å². The maximum Gasteiger partial charge on any atom is 1.00 e. The van der Waals surface area contributed by atoms with Crippen molar-refractivity contribution < 1.29 is 71.2 Å². The van der Waals surface area contributed by atoms with E-state index in [4.69, 9.17) is 0 Å². The number of rotatable bonds is 3. The van der Waals surface area contributed by atoms with Crippen LogP contribution in [0, 0.1) is 0 Å². The summed E-state index contributed by atoms with van der Waals surface area (Å²) in [5.41, 5.74) is 1.32.